The van der Waals surface area contributed by atoms with Gasteiger partial charge in [-0.1, -0.05) is 24.3 Å². The first-order chi connectivity index (χ1) is 5.84. The Bertz CT molecular complexity index is 292. The smallest absolute Gasteiger partial charge is 0.231 e. The number of rotatable bonds is 0. The molecular formula is C10H11NO. The molecule has 62 valence electrons. The fourth-order valence-electron chi connectivity index (χ4n) is 2.17. The van der Waals surface area contributed by atoms with E-state index in [1.54, 1.807) is 0 Å². The summed E-state index contributed by atoms with van der Waals surface area (Å²) in [6.45, 7) is 0. The van der Waals surface area contributed by atoms with Crippen LogP contribution in [0.5, 0.6) is 0 Å². The van der Waals surface area contributed by atoms with Crippen LogP contribution >= 0.6 is 0 Å². The highest BCUT2D eigenvalue weighted by Gasteiger charge is 2.43. The second-order valence-corrected chi connectivity index (χ2v) is 3.89. The van der Waals surface area contributed by atoms with E-state index in [0.29, 0.717) is 12.0 Å². The van der Waals surface area contributed by atoms with Crippen LogP contribution in [0.4, 0.5) is 0 Å². The predicted molar refractivity (Wildman–Crippen MR) is 45.3 cm³/mol. The van der Waals surface area contributed by atoms with E-state index in [4.69, 9.17) is 0 Å². The molecule has 0 aromatic heterocycles. The monoisotopic (exact) mass is 161 g/mol. The van der Waals surface area contributed by atoms with E-state index in [0.717, 1.165) is 5.92 Å². The Morgan fingerprint density at radius 3 is 2.92 bits per heavy atom. The normalized spacial score (nSPS) is 47.8. The van der Waals surface area contributed by atoms with Gasteiger partial charge in [0.05, 0.1) is 12.0 Å². The number of hydrogen-bond donors (Lipinski definition) is 1. The highest BCUT2D eigenvalue weighted by Crippen LogP contribution is 2.45. The van der Waals surface area contributed by atoms with Crippen LogP contribution in [-0.2, 0) is 4.79 Å². The summed E-state index contributed by atoms with van der Waals surface area (Å²) in [5.74, 6) is 1.60. The third-order valence-electron chi connectivity index (χ3n) is 3.06. The summed E-state index contributed by atoms with van der Waals surface area (Å²) in [4.78, 5) is 11.4. The fraction of sp³-hybridized carbons (Fsp3) is 0.500. The van der Waals surface area contributed by atoms with E-state index in [2.05, 4.69) is 17.5 Å². The lowest BCUT2D eigenvalue weighted by Crippen LogP contribution is -2.42. The van der Waals surface area contributed by atoms with Crippen LogP contribution < -0.4 is 5.32 Å². The summed E-state index contributed by atoms with van der Waals surface area (Å²) in [7, 11) is 0. The highest BCUT2D eigenvalue weighted by atomic mass is 16.2. The molecule has 2 aliphatic carbocycles. The highest BCUT2D eigenvalue weighted by molar-refractivity contribution is 5.84. The van der Waals surface area contributed by atoms with Crippen molar-refractivity contribution in [3.05, 3.63) is 24.3 Å². The van der Waals surface area contributed by atoms with Gasteiger partial charge in [0.1, 0.15) is 0 Å². The Balaban J connectivity index is 2.02. The molecule has 2 aliphatic heterocycles. The van der Waals surface area contributed by atoms with Crippen LogP contribution in [-0.4, -0.2) is 11.9 Å². The number of carbonyl (C=O) groups excluding carboxylic acids is 1. The molecule has 4 atom stereocenters. The molecule has 0 unspecified atom stereocenters. The first-order valence-electron chi connectivity index (χ1n) is 4.51. The number of fused-ring (bicyclic) bond motifs is 1. The third kappa shape index (κ3) is 0.779. The molecule has 1 N–H and O–H groups in total. The van der Waals surface area contributed by atoms with Gasteiger partial charge in [0.15, 0.2) is 0 Å². The zero-order valence-corrected chi connectivity index (χ0v) is 6.73. The lowest BCUT2D eigenvalue weighted by molar-refractivity contribution is -0.123. The second kappa shape index (κ2) is 2.00. The summed E-state index contributed by atoms with van der Waals surface area (Å²) >= 11 is 0. The SMILES string of the molecule is O=C1N[C@@H]2C=C[C@H]1C=C[C@@H]1C[C@@H]12. The van der Waals surface area contributed by atoms with Crippen molar-refractivity contribution in [1.29, 1.82) is 0 Å². The summed E-state index contributed by atoms with van der Waals surface area (Å²) in [6.07, 6.45) is 9.67. The van der Waals surface area contributed by atoms with Gasteiger partial charge in [0.25, 0.3) is 0 Å². The molecule has 1 saturated carbocycles. The Morgan fingerprint density at radius 2 is 2.08 bits per heavy atom. The van der Waals surface area contributed by atoms with Gasteiger partial charge in [0.2, 0.25) is 5.91 Å². The van der Waals surface area contributed by atoms with Crippen molar-refractivity contribution >= 4 is 5.91 Å². The lowest BCUT2D eigenvalue weighted by Gasteiger charge is -2.24. The zero-order chi connectivity index (χ0) is 8.13. The van der Waals surface area contributed by atoms with Crippen LogP contribution in [0.15, 0.2) is 24.3 Å². The molecule has 1 fully saturated rings. The number of allylic oxidation sites excluding steroid dienone is 1. The average molecular weight is 161 g/mol. The van der Waals surface area contributed by atoms with Crippen LogP contribution in [0.25, 0.3) is 0 Å². The summed E-state index contributed by atoms with van der Waals surface area (Å²) in [5.41, 5.74) is 0. The maximum Gasteiger partial charge on any atom is 0.231 e. The van der Waals surface area contributed by atoms with Crippen LogP contribution in [0.3, 0.4) is 0 Å². The second-order valence-electron chi connectivity index (χ2n) is 3.89. The van der Waals surface area contributed by atoms with Crippen molar-refractivity contribution in [3.8, 4) is 0 Å². The molecule has 1 amide bonds. The molecule has 12 heavy (non-hydrogen) atoms. The largest absolute Gasteiger partial charge is 0.349 e. The van der Waals surface area contributed by atoms with Crippen molar-refractivity contribution in [2.45, 2.75) is 12.5 Å². The van der Waals surface area contributed by atoms with E-state index in [1.807, 2.05) is 12.2 Å². The molecule has 0 radical (unpaired) electrons. The Hall–Kier alpha value is -1.05. The number of amides is 1. The quantitative estimate of drug-likeness (QED) is 0.525. The summed E-state index contributed by atoms with van der Waals surface area (Å²) in [6, 6.07) is 0.323. The van der Waals surface area contributed by atoms with Gasteiger partial charge in [-0.15, -0.1) is 0 Å². The van der Waals surface area contributed by atoms with Crippen molar-refractivity contribution < 1.29 is 4.79 Å². The van der Waals surface area contributed by atoms with Gasteiger partial charge < -0.3 is 5.32 Å². The standard InChI is InChI=1S/C10H11NO/c12-10-6-1-2-7-5-8(7)9(11-10)4-3-6/h1-4,6-9H,5H2,(H,11,12)/t6-,7-,8+,9-/m1/s1. The zero-order valence-electron chi connectivity index (χ0n) is 6.73. The topological polar surface area (TPSA) is 29.1 Å². The fourth-order valence-corrected chi connectivity index (χ4v) is 2.17. The molecule has 4 aliphatic rings. The first-order valence-corrected chi connectivity index (χ1v) is 4.51. The number of carbonyl (C=O) groups is 1. The van der Waals surface area contributed by atoms with E-state index < -0.39 is 0 Å². The number of nitrogens with one attached hydrogen (secondary N) is 1. The lowest BCUT2D eigenvalue weighted by atomic mass is 9.95. The average Bonchev–Trinajstić information content (AvgIpc) is 2.76. The molecule has 0 saturated heterocycles. The van der Waals surface area contributed by atoms with Crippen LogP contribution in [0.1, 0.15) is 6.42 Å². The van der Waals surface area contributed by atoms with Crippen LogP contribution in [0.2, 0.25) is 0 Å². The molecule has 0 aromatic rings. The molecule has 2 heterocycles. The minimum Gasteiger partial charge on any atom is -0.349 e. The van der Waals surface area contributed by atoms with E-state index in [9.17, 15) is 4.79 Å². The van der Waals surface area contributed by atoms with Gasteiger partial charge in [0, 0.05) is 0 Å². The Labute approximate surface area is 71.3 Å². The van der Waals surface area contributed by atoms with Gasteiger partial charge in [-0.3, -0.25) is 4.79 Å². The molecule has 0 spiro atoms. The van der Waals surface area contributed by atoms with Crippen molar-refractivity contribution in [2.75, 3.05) is 0 Å². The summed E-state index contributed by atoms with van der Waals surface area (Å²) < 4.78 is 0. The van der Waals surface area contributed by atoms with E-state index in [1.165, 1.54) is 6.42 Å². The maximum atomic E-state index is 11.4. The molecule has 4 rings (SSSR count). The molecule has 2 heteroatoms. The Kier molecular flexibility index (Phi) is 1.08. The minimum absolute atomic E-state index is 0.00259. The Morgan fingerprint density at radius 1 is 1.25 bits per heavy atom. The van der Waals surface area contributed by atoms with Crippen LogP contribution in [0, 0.1) is 17.8 Å². The molecule has 0 aromatic carbocycles. The van der Waals surface area contributed by atoms with Gasteiger partial charge in [-0.05, 0) is 18.3 Å². The van der Waals surface area contributed by atoms with Gasteiger partial charge in [-0.2, -0.15) is 0 Å². The maximum absolute atomic E-state index is 11.4. The predicted octanol–water partition coefficient (Wildman–Crippen LogP) is 0.863. The van der Waals surface area contributed by atoms with Gasteiger partial charge in [-0.25, -0.2) is 0 Å². The number of hydrogen-bond acceptors (Lipinski definition) is 1. The van der Waals surface area contributed by atoms with E-state index >= 15 is 0 Å². The van der Waals surface area contributed by atoms with Crippen molar-refractivity contribution in [3.63, 3.8) is 0 Å². The van der Waals surface area contributed by atoms with Crippen molar-refractivity contribution in [1.82, 2.24) is 5.32 Å². The third-order valence-corrected chi connectivity index (χ3v) is 3.06. The van der Waals surface area contributed by atoms with Crippen molar-refractivity contribution in [2.24, 2.45) is 17.8 Å². The summed E-state index contributed by atoms with van der Waals surface area (Å²) in [5, 5.41) is 3.03. The van der Waals surface area contributed by atoms with E-state index in [-0.39, 0.29) is 11.8 Å². The molecule has 2 bridgehead atoms. The van der Waals surface area contributed by atoms with Gasteiger partial charge >= 0.3 is 0 Å². The minimum atomic E-state index is 0.00259. The molecule has 2 nitrogen and oxygen atoms in total. The molecular weight excluding hydrogens is 150 g/mol. The first kappa shape index (κ1) is 6.46.